The van der Waals surface area contributed by atoms with Crippen LogP contribution < -0.4 is 5.32 Å². The Morgan fingerprint density at radius 2 is 2.22 bits per heavy atom. The van der Waals surface area contributed by atoms with Gasteiger partial charge in [0.25, 0.3) is 0 Å². The van der Waals surface area contributed by atoms with E-state index in [4.69, 9.17) is 4.74 Å². The van der Waals surface area contributed by atoms with Crippen LogP contribution in [0.25, 0.3) is 0 Å². The molecule has 2 aliphatic rings. The predicted molar refractivity (Wildman–Crippen MR) is 75.8 cm³/mol. The Kier molecular flexibility index (Phi) is 4.68. The zero-order valence-corrected chi connectivity index (χ0v) is 12.5. The second-order valence-corrected chi connectivity index (χ2v) is 6.77. The van der Waals surface area contributed by atoms with Gasteiger partial charge in [-0.1, -0.05) is 13.8 Å². The summed E-state index contributed by atoms with van der Waals surface area (Å²) >= 11 is 0. The van der Waals surface area contributed by atoms with E-state index in [0.717, 1.165) is 25.0 Å². The van der Waals surface area contributed by atoms with E-state index in [0.29, 0.717) is 6.10 Å². The molecule has 2 rings (SSSR count). The quantitative estimate of drug-likeness (QED) is 0.813. The number of hydrogen-bond acceptors (Lipinski definition) is 3. The van der Waals surface area contributed by atoms with E-state index in [1.165, 1.54) is 32.5 Å². The molecule has 0 saturated carbocycles. The minimum Gasteiger partial charge on any atom is -0.377 e. The fourth-order valence-electron chi connectivity index (χ4n) is 3.28. The summed E-state index contributed by atoms with van der Waals surface area (Å²) in [5, 5.41) is 3.60. The summed E-state index contributed by atoms with van der Waals surface area (Å²) in [7, 11) is 0. The molecule has 0 aromatic heterocycles. The molecule has 0 spiro atoms. The van der Waals surface area contributed by atoms with E-state index < -0.39 is 0 Å². The van der Waals surface area contributed by atoms with Gasteiger partial charge in [-0.25, -0.2) is 0 Å². The molecule has 3 unspecified atom stereocenters. The number of nitrogens with zero attached hydrogens (tertiary/aromatic N) is 1. The Bertz CT molecular complexity index is 269. The average molecular weight is 254 g/mol. The lowest BCUT2D eigenvalue weighted by Crippen LogP contribution is -2.50. The van der Waals surface area contributed by atoms with Crippen LogP contribution in [0.2, 0.25) is 0 Å². The first kappa shape index (κ1) is 14.3. The Balaban J connectivity index is 1.78. The molecule has 3 atom stereocenters. The minimum atomic E-state index is 0.285. The van der Waals surface area contributed by atoms with Crippen molar-refractivity contribution in [3.05, 3.63) is 0 Å². The van der Waals surface area contributed by atoms with Gasteiger partial charge in [-0.3, -0.25) is 4.90 Å². The van der Waals surface area contributed by atoms with E-state index >= 15 is 0 Å². The standard InChI is InChI=1S/C15H30N2O/c1-12(2)9-16-10-14-5-7-17(11-14)15(4)6-8-18-13(15)3/h12-14,16H,5-11H2,1-4H3. The van der Waals surface area contributed by atoms with Crippen molar-refractivity contribution in [1.29, 1.82) is 0 Å². The van der Waals surface area contributed by atoms with Crippen molar-refractivity contribution in [1.82, 2.24) is 10.2 Å². The van der Waals surface area contributed by atoms with Gasteiger partial charge in [-0.15, -0.1) is 0 Å². The van der Waals surface area contributed by atoms with Gasteiger partial charge >= 0.3 is 0 Å². The van der Waals surface area contributed by atoms with Crippen LogP contribution in [0.3, 0.4) is 0 Å². The van der Waals surface area contributed by atoms with Crippen LogP contribution in [0.4, 0.5) is 0 Å². The second-order valence-electron chi connectivity index (χ2n) is 6.77. The molecule has 0 aromatic carbocycles. The molecule has 3 heteroatoms. The highest BCUT2D eigenvalue weighted by atomic mass is 16.5. The monoisotopic (exact) mass is 254 g/mol. The Labute approximate surface area is 112 Å². The van der Waals surface area contributed by atoms with Crippen molar-refractivity contribution in [3.63, 3.8) is 0 Å². The van der Waals surface area contributed by atoms with Crippen molar-refractivity contribution in [2.45, 2.75) is 52.2 Å². The fourth-order valence-corrected chi connectivity index (χ4v) is 3.28. The summed E-state index contributed by atoms with van der Waals surface area (Å²) in [6.45, 7) is 14.9. The number of nitrogens with one attached hydrogen (secondary N) is 1. The Morgan fingerprint density at radius 1 is 1.44 bits per heavy atom. The molecule has 2 saturated heterocycles. The van der Waals surface area contributed by atoms with Crippen molar-refractivity contribution < 1.29 is 4.74 Å². The highest BCUT2D eigenvalue weighted by Gasteiger charge is 2.44. The molecule has 0 aliphatic carbocycles. The minimum absolute atomic E-state index is 0.285. The smallest absolute Gasteiger partial charge is 0.0728 e. The predicted octanol–water partition coefficient (Wildman–Crippen LogP) is 2.12. The van der Waals surface area contributed by atoms with Crippen LogP contribution in [-0.2, 0) is 4.74 Å². The van der Waals surface area contributed by atoms with Crippen molar-refractivity contribution in [2.75, 3.05) is 32.8 Å². The van der Waals surface area contributed by atoms with Crippen molar-refractivity contribution in [3.8, 4) is 0 Å². The van der Waals surface area contributed by atoms with Crippen LogP contribution in [0.1, 0.15) is 40.5 Å². The lowest BCUT2D eigenvalue weighted by atomic mass is 9.92. The van der Waals surface area contributed by atoms with Gasteiger partial charge in [0.05, 0.1) is 6.10 Å². The maximum absolute atomic E-state index is 5.77. The molecule has 106 valence electrons. The lowest BCUT2D eigenvalue weighted by Gasteiger charge is -2.38. The highest BCUT2D eigenvalue weighted by molar-refractivity contribution is 4.98. The van der Waals surface area contributed by atoms with Crippen LogP contribution in [0.15, 0.2) is 0 Å². The molecule has 18 heavy (non-hydrogen) atoms. The molecule has 2 heterocycles. The van der Waals surface area contributed by atoms with Crippen LogP contribution >= 0.6 is 0 Å². The largest absolute Gasteiger partial charge is 0.377 e. The first-order valence-corrected chi connectivity index (χ1v) is 7.59. The van der Waals surface area contributed by atoms with Gasteiger partial charge in [0.1, 0.15) is 0 Å². The first-order valence-electron chi connectivity index (χ1n) is 7.59. The van der Waals surface area contributed by atoms with Gasteiger partial charge in [0, 0.05) is 18.7 Å². The molecule has 0 aromatic rings. The SMILES string of the molecule is CC(C)CNCC1CCN(C2(C)CCOC2C)C1. The van der Waals surface area contributed by atoms with Crippen LogP contribution in [0, 0.1) is 11.8 Å². The molecular formula is C15H30N2O. The van der Waals surface area contributed by atoms with Crippen molar-refractivity contribution >= 4 is 0 Å². The topological polar surface area (TPSA) is 24.5 Å². The Morgan fingerprint density at radius 3 is 2.83 bits per heavy atom. The summed E-state index contributed by atoms with van der Waals surface area (Å²) in [5.41, 5.74) is 0.285. The third-order valence-electron chi connectivity index (χ3n) is 4.85. The fraction of sp³-hybridized carbons (Fsp3) is 1.00. The van der Waals surface area contributed by atoms with Gasteiger partial charge in [-0.2, -0.15) is 0 Å². The molecule has 0 amide bonds. The summed E-state index contributed by atoms with van der Waals surface area (Å²) in [6.07, 6.45) is 2.92. The van der Waals surface area contributed by atoms with E-state index in [-0.39, 0.29) is 5.54 Å². The molecule has 1 N–H and O–H groups in total. The van der Waals surface area contributed by atoms with Gasteiger partial charge < -0.3 is 10.1 Å². The summed E-state index contributed by atoms with van der Waals surface area (Å²) < 4.78 is 5.77. The summed E-state index contributed by atoms with van der Waals surface area (Å²) in [4.78, 5) is 2.67. The highest BCUT2D eigenvalue weighted by Crippen LogP contribution is 2.35. The maximum atomic E-state index is 5.77. The van der Waals surface area contributed by atoms with Crippen LogP contribution in [0.5, 0.6) is 0 Å². The molecule has 2 fully saturated rings. The lowest BCUT2D eigenvalue weighted by molar-refractivity contribution is 0.0311. The number of likely N-dealkylation sites (tertiary alicyclic amines) is 1. The molecular weight excluding hydrogens is 224 g/mol. The van der Waals surface area contributed by atoms with Gasteiger partial charge in [-0.05, 0) is 58.2 Å². The average Bonchev–Trinajstić information content (AvgIpc) is 2.88. The van der Waals surface area contributed by atoms with Crippen molar-refractivity contribution in [2.24, 2.45) is 11.8 Å². The summed E-state index contributed by atoms with van der Waals surface area (Å²) in [5.74, 6) is 1.58. The Hall–Kier alpha value is -0.120. The van der Waals surface area contributed by atoms with Crippen LogP contribution in [-0.4, -0.2) is 49.3 Å². The number of ether oxygens (including phenoxy) is 1. The zero-order valence-electron chi connectivity index (χ0n) is 12.5. The number of hydrogen-bond donors (Lipinski definition) is 1. The maximum Gasteiger partial charge on any atom is 0.0728 e. The zero-order chi connectivity index (χ0) is 13.2. The molecule has 0 radical (unpaired) electrons. The van der Waals surface area contributed by atoms with E-state index in [1.807, 2.05) is 0 Å². The molecule has 2 aliphatic heterocycles. The number of rotatable bonds is 5. The summed E-state index contributed by atoms with van der Waals surface area (Å²) in [6, 6.07) is 0. The molecule has 0 bridgehead atoms. The third kappa shape index (κ3) is 3.06. The second kappa shape index (κ2) is 5.89. The normalized spacial score (nSPS) is 37.8. The van der Waals surface area contributed by atoms with Gasteiger partial charge in [0.2, 0.25) is 0 Å². The van der Waals surface area contributed by atoms with E-state index in [2.05, 4.69) is 37.9 Å². The van der Waals surface area contributed by atoms with E-state index in [1.54, 1.807) is 0 Å². The van der Waals surface area contributed by atoms with E-state index in [9.17, 15) is 0 Å². The molecule has 3 nitrogen and oxygen atoms in total. The van der Waals surface area contributed by atoms with Gasteiger partial charge in [0.15, 0.2) is 0 Å². The first-order chi connectivity index (χ1) is 8.52. The third-order valence-corrected chi connectivity index (χ3v) is 4.85.